The van der Waals surface area contributed by atoms with Crippen LogP contribution in [0.1, 0.15) is 32.6 Å². The molecule has 0 aromatic rings. The van der Waals surface area contributed by atoms with E-state index in [1.807, 2.05) is 6.92 Å². The number of nitrogens with zero attached hydrogens (tertiary/aromatic N) is 1. The van der Waals surface area contributed by atoms with Gasteiger partial charge in [0.05, 0.1) is 12.6 Å². The SMILES string of the molecule is CCC1NC(=O)CN(C2CCC(OC)C2)C1=O. The number of hydrogen-bond acceptors (Lipinski definition) is 3. The molecule has 1 saturated carbocycles. The molecule has 1 aliphatic heterocycles. The lowest BCUT2D eigenvalue weighted by Gasteiger charge is -2.36. The number of ether oxygens (including phenoxy) is 1. The van der Waals surface area contributed by atoms with Gasteiger partial charge in [0, 0.05) is 13.2 Å². The van der Waals surface area contributed by atoms with Crippen molar-refractivity contribution < 1.29 is 14.3 Å². The summed E-state index contributed by atoms with van der Waals surface area (Å²) in [5.41, 5.74) is 0. The Morgan fingerprint density at radius 2 is 2.18 bits per heavy atom. The van der Waals surface area contributed by atoms with Gasteiger partial charge >= 0.3 is 0 Å². The van der Waals surface area contributed by atoms with Gasteiger partial charge in [0.15, 0.2) is 0 Å². The van der Waals surface area contributed by atoms with Crippen molar-refractivity contribution in [3.8, 4) is 0 Å². The van der Waals surface area contributed by atoms with Gasteiger partial charge in [-0.25, -0.2) is 0 Å². The number of carbonyl (C=O) groups is 2. The van der Waals surface area contributed by atoms with Crippen LogP contribution in [0.4, 0.5) is 0 Å². The van der Waals surface area contributed by atoms with Crippen molar-refractivity contribution in [3.63, 3.8) is 0 Å². The van der Waals surface area contributed by atoms with E-state index in [0.717, 1.165) is 19.3 Å². The number of hydrogen-bond donors (Lipinski definition) is 1. The van der Waals surface area contributed by atoms with Crippen LogP contribution in [0.25, 0.3) is 0 Å². The van der Waals surface area contributed by atoms with Crippen molar-refractivity contribution in [2.75, 3.05) is 13.7 Å². The highest BCUT2D eigenvalue weighted by atomic mass is 16.5. The fourth-order valence-corrected chi connectivity index (χ4v) is 2.73. The Bertz CT molecular complexity index is 319. The molecule has 2 aliphatic rings. The first-order valence-corrected chi connectivity index (χ1v) is 6.28. The first-order chi connectivity index (χ1) is 8.15. The third-order valence-electron chi connectivity index (χ3n) is 3.77. The van der Waals surface area contributed by atoms with Crippen LogP contribution in [0.5, 0.6) is 0 Å². The first-order valence-electron chi connectivity index (χ1n) is 6.28. The van der Waals surface area contributed by atoms with Gasteiger partial charge in [0.1, 0.15) is 6.04 Å². The highest BCUT2D eigenvalue weighted by molar-refractivity contribution is 5.95. The molecule has 3 atom stereocenters. The normalized spacial score (nSPS) is 34.0. The number of amides is 2. The highest BCUT2D eigenvalue weighted by Gasteiger charge is 2.38. The van der Waals surface area contributed by atoms with Crippen molar-refractivity contribution >= 4 is 11.8 Å². The molecular formula is C12H20N2O3. The van der Waals surface area contributed by atoms with Gasteiger partial charge in [0.2, 0.25) is 11.8 Å². The first kappa shape index (κ1) is 12.4. The molecule has 0 aromatic heterocycles. The second-order valence-electron chi connectivity index (χ2n) is 4.82. The average molecular weight is 240 g/mol. The predicted molar refractivity (Wildman–Crippen MR) is 62.4 cm³/mol. The van der Waals surface area contributed by atoms with Crippen LogP contribution in [0.3, 0.4) is 0 Å². The van der Waals surface area contributed by atoms with E-state index in [9.17, 15) is 9.59 Å². The van der Waals surface area contributed by atoms with E-state index in [1.54, 1.807) is 12.0 Å². The van der Waals surface area contributed by atoms with Crippen LogP contribution in [-0.2, 0) is 14.3 Å². The van der Waals surface area contributed by atoms with Crippen LogP contribution in [-0.4, -0.2) is 48.6 Å². The zero-order chi connectivity index (χ0) is 12.4. The Kier molecular flexibility index (Phi) is 3.66. The predicted octanol–water partition coefficient (Wildman–Crippen LogP) is 0.291. The lowest BCUT2D eigenvalue weighted by atomic mass is 10.1. The van der Waals surface area contributed by atoms with E-state index in [0.29, 0.717) is 6.42 Å². The van der Waals surface area contributed by atoms with E-state index in [2.05, 4.69) is 5.32 Å². The Morgan fingerprint density at radius 1 is 1.41 bits per heavy atom. The van der Waals surface area contributed by atoms with Gasteiger partial charge in [-0.2, -0.15) is 0 Å². The monoisotopic (exact) mass is 240 g/mol. The minimum Gasteiger partial charge on any atom is -0.381 e. The van der Waals surface area contributed by atoms with Gasteiger partial charge in [-0.05, 0) is 25.7 Å². The smallest absolute Gasteiger partial charge is 0.245 e. The number of carbonyl (C=O) groups excluding carboxylic acids is 2. The number of piperazine rings is 1. The lowest BCUT2D eigenvalue weighted by Crippen LogP contribution is -2.60. The third kappa shape index (κ3) is 2.44. The standard InChI is InChI=1S/C12H20N2O3/c1-3-10-12(16)14(7-11(15)13-10)8-4-5-9(6-8)17-2/h8-10H,3-7H2,1-2H3,(H,13,15). The van der Waals surface area contributed by atoms with E-state index in [1.165, 1.54) is 0 Å². The van der Waals surface area contributed by atoms with E-state index in [4.69, 9.17) is 4.74 Å². The van der Waals surface area contributed by atoms with Crippen molar-refractivity contribution in [2.45, 2.75) is 50.8 Å². The molecule has 0 radical (unpaired) electrons. The molecule has 2 rings (SSSR count). The summed E-state index contributed by atoms with van der Waals surface area (Å²) in [4.78, 5) is 25.5. The van der Waals surface area contributed by atoms with Crippen molar-refractivity contribution in [1.82, 2.24) is 10.2 Å². The van der Waals surface area contributed by atoms with Crippen LogP contribution < -0.4 is 5.32 Å². The molecule has 0 spiro atoms. The molecule has 1 heterocycles. The Morgan fingerprint density at radius 3 is 2.76 bits per heavy atom. The molecule has 3 unspecified atom stereocenters. The molecule has 2 amide bonds. The summed E-state index contributed by atoms with van der Waals surface area (Å²) in [7, 11) is 1.70. The third-order valence-corrected chi connectivity index (χ3v) is 3.77. The van der Waals surface area contributed by atoms with E-state index in [-0.39, 0.29) is 36.5 Å². The second-order valence-corrected chi connectivity index (χ2v) is 4.82. The van der Waals surface area contributed by atoms with Gasteiger partial charge in [0.25, 0.3) is 0 Å². The van der Waals surface area contributed by atoms with Crippen LogP contribution in [0.15, 0.2) is 0 Å². The number of methoxy groups -OCH3 is 1. The fourth-order valence-electron chi connectivity index (χ4n) is 2.73. The minimum absolute atomic E-state index is 0.0442. The van der Waals surface area contributed by atoms with E-state index < -0.39 is 0 Å². The largest absolute Gasteiger partial charge is 0.381 e. The molecule has 96 valence electrons. The molecule has 5 heteroatoms. The van der Waals surface area contributed by atoms with Crippen molar-refractivity contribution in [1.29, 1.82) is 0 Å². The Hall–Kier alpha value is -1.10. The molecule has 1 N–H and O–H groups in total. The maximum atomic E-state index is 12.2. The highest BCUT2D eigenvalue weighted by Crippen LogP contribution is 2.27. The summed E-state index contributed by atoms with van der Waals surface area (Å²) in [6.07, 6.45) is 3.66. The zero-order valence-corrected chi connectivity index (χ0v) is 10.4. The van der Waals surface area contributed by atoms with Crippen LogP contribution in [0.2, 0.25) is 0 Å². The Labute approximate surface area is 101 Å². The van der Waals surface area contributed by atoms with Gasteiger partial charge in [-0.3, -0.25) is 9.59 Å². The molecule has 1 saturated heterocycles. The molecule has 1 aliphatic carbocycles. The van der Waals surface area contributed by atoms with E-state index >= 15 is 0 Å². The van der Waals surface area contributed by atoms with Crippen LogP contribution in [0, 0.1) is 0 Å². The maximum Gasteiger partial charge on any atom is 0.245 e. The molecular weight excluding hydrogens is 220 g/mol. The maximum absolute atomic E-state index is 12.2. The molecule has 0 bridgehead atoms. The molecule has 5 nitrogen and oxygen atoms in total. The summed E-state index contributed by atoms with van der Waals surface area (Å²) in [5.74, 6) is 0.0196. The van der Waals surface area contributed by atoms with Gasteiger partial charge < -0.3 is 15.0 Å². The lowest BCUT2D eigenvalue weighted by molar-refractivity contribution is -0.146. The minimum atomic E-state index is -0.335. The summed E-state index contributed by atoms with van der Waals surface area (Å²) in [6.45, 7) is 2.12. The molecule has 17 heavy (non-hydrogen) atoms. The second kappa shape index (κ2) is 5.04. The Balaban J connectivity index is 2.04. The summed E-state index contributed by atoms with van der Waals surface area (Å²) in [6, 6.07) is -0.162. The quantitative estimate of drug-likeness (QED) is 0.771. The zero-order valence-electron chi connectivity index (χ0n) is 10.4. The van der Waals surface area contributed by atoms with Gasteiger partial charge in [-0.1, -0.05) is 6.92 Å². The fraction of sp³-hybridized carbons (Fsp3) is 0.833. The molecule has 2 fully saturated rings. The van der Waals surface area contributed by atoms with Gasteiger partial charge in [-0.15, -0.1) is 0 Å². The topological polar surface area (TPSA) is 58.6 Å². The van der Waals surface area contributed by atoms with Crippen molar-refractivity contribution in [2.24, 2.45) is 0 Å². The summed E-state index contributed by atoms with van der Waals surface area (Å²) < 4.78 is 5.31. The van der Waals surface area contributed by atoms with Crippen LogP contribution >= 0.6 is 0 Å². The number of rotatable bonds is 3. The molecule has 0 aromatic carbocycles. The van der Waals surface area contributed by atoms with Crippen molar-refractivity contribution in [3.05, 3.63) is 0 Å². The number of nitrogens with one attached hydrogen (secondary N) is 1. The average Bonchev–Trinajstić information content (AvgIpc) is 2.80. The summed E-state index contributed by atoms with van der Waals surface area (Å²) >= 11 is 0. The summed E-state index contributed by atoms with van der Waals surface area (Å²) in [5, 5.41) is 2.73.